The molecule has 0 bridgehead atoms. The van der Waals surface area contributed by atoms with E-state index >= 15 is 0 Å². The summed E-state index contributed by atoms with van der Waals surface area (Å²) in [5.74, 6) is 0. The van der Waals surface area contributed by atoms with E-state index < -0.39 is 12.5 Å². The van der Waals surface area contributed by atoms with Crippen LogP contribution in [0.25, 0.3) is 0 Å². The van der Waals surface area contributed by atoms with Crippen LogP contribution in [-0.2, 0) is 0 Å². The number of nitrogens with zero attached hydrogens (tertiary/aromatic N) is 2. The van der Waals surface area contributed by atoms with Gasteiger partial charge in [0.05, 0.1) is 16.9 Å². The fourth-order valence-corrected chi connectivity index (χ4v) is 1.91. The van der Waals surface area contributed by atoms with Crippen molar-refractivity contribution in [2.75, 3.05) is 6.54 Å². The third-order valence-electron chi connectivity index (χ3n) is 2.44. The first-order valence-corrected chi connectivity index (χ1v) is 6.11. The van der Waals surface area contributed by atoms with E-state index in [2.05, 4.69) is 10.4 Å². The molecule has 0 aliphatic rings. The highest BCUT2D eigenvalue weighted by Crippen LogP contribution is 2.29. The van der Waals surface area contributed by atoms with Gasteiger partial charge in [-0.1, -0.05) is 18.5 Å². The lowest BCUT2D eigenvalue weighted by molar-refractivity contribution is 0.0937. The first-order chi connectivity index (χ1) is 7.99. The molecule has 1 aromatic rings. The molecule has 1 rings (SSSR count). The van der Waals surface area contributed by atoms with Crippen molar-refractivity contribution in [2.45, 2.75) is 45.7 Å². The third-order valence-corrected chi connectivity index (χ3v) is 2.73. The van der Waals surface area contributed by atoms with Gasteiger partial charge in [-0.05, 0) is 26.8 Å². The summed E-state index contributed by atoms with van der Waals surface area (Å²) in [6, 6.07) is -1.06. The average molecular weight is 266 g/mol. The molecule has 17 heavy (non-hydrogen) atoms. The second-order valence-electron chi connectivity index (χ2n) is 4.18. The van der Waals surface area contributed by atoms with Crippen molar-refractivity contribution in [1.82, 2.24) is 15.1 Å². The van der Waals surface area contributed by atoms with Gasteiger partial charge in [-0.15, -0.1) is 0 Å². The molecule has 0 aliphatic carbocycles. The molecule has 0 amide bonds. The topological polar surface area (TPSA) is 29.9 Å². The Morgan fingerprint density at radius 2 is 2.12 bits per heavy atom. The lowest BCUT2D eigenvalue weighted by atomic mass is 10.2. The molecule has 0 aromatic carbocycles. The number of aromatic nitrogens is 2. The minimum absolute atomic E-state index is 0.00202. The minimum Gasteiger partial charge on any atom is -0.304 e. The Balaban J connectivity index is 3.03. The van der Waals surface area contributed by atoms with Crippen LogP contribution >= 0.6 is 11.6 Å². The van der Waals surface area contributed by atoms with E-state index in [0.29, 0.717) is 12.2 Å². The summed E-state index contributed by atoms with van der Waals surface area (Å²) < 4.78 is 27.6. The SMILES string of the molecule is CCCNC(c1c(Cl)cnn1C(C)C)C(F)F. The summed E-state index contributed by atoms with van der Waals surface area (Å²) in [4.78, 5) is 0. The second-order valence-corrected chi connectivity index (χ2v) is 4.59. The maximum atomic E-state index is 13.0. The molecule has 0 aliphatic heterocycles. The van der Waals surface area contributed by atoms with Gasteiger partial charge in [-0.3, -0.25) is 4.68 Å². The van der Waals surface area contributed by atoms with Crippen LogP contribution in [0.2, 0.25) is 5.02 Å². The summed E-state index contributed by atoms with van der Waals surface area (Å²) in [6.45, 7) is 6.22. The number of alkyl halides is 2. The van der Waals surface area contributed by atoms with Gasteiger partial charge in [0.1, 0.15) is 6.04 Å². The highest BCUT2D eigenvalue weighted by atomic mass is 35.5. The number of halogens is 3. The van der Waals surface area contributed by atoms with E-state index in [9.17, 15) is 8.78 Å². The van der Waals surface area contributed by atoms with Gasteiger partial charge in [-0.2, -0.15) is 5.10 Å². The molecule has 1 atom stereocenters. The Hall–Kier alpha value is -0.680. The van der Waals surface area contributed by atoms with Crippen LogP contribution < -0.4 is 5.32 Å². The molecule has 0 saturated carbocycles. The summed E-state index contributed by atoms with van der Waals surface area (Å²) >= 11 is 5.95. The Labute approximate surface area is 105 Å². The molecule has 98 valence electrons. The van der Waals surface area contributed by atoms with Gasteiger partial charge in [-0.25, -0.2) is 8.78 Å². The lowest BCUT2D eigenvalue weighted by Crippen LogP contribution is -2.31. The molecular formula is C11H18ClF2N3. The van der Waals surface area contributed by atoms with Crippen LogP contribution in [0.5, 0.6) is 0 Å². The van der Waals surface area contributed by atoms with Crippen LogP contribution in [0.15, 0.2) is 6.20 Å². The van der Waals surface area contributed by atoms with Crippen molar-refractivity contribution < 1.29 is 8.78 Å². The second kappa shape index (κ2) is 6.31. The molecule has 3 nitrogen and oxygen atoms in total. The zero-order valence-corrected chi connectivity index (χ0v) is 11.0. The lowest BCUT2D eigenvalue weighted by Gasteiger charge is -2.21. The molecule has 0 radical (unpaired) electrons. The van der Waals surface area contributed by atoms with Crippen molar-refractivity contribution in [3.63, 3.8) is 0 Å². The summed E-state index contributed by atoms with van der Waals surface area (Å²) in [5, 5.41) is 7.13. The van der Waals surface area contributed by atoms with E-state index in [1.165, 1.54) is 6.20 Å². The highest BCUT2D eigenvalue weighted by molar-refractivity contribution is 6.31. The van der Waals surface area contributed by atoms with Crippen molar-refractivity contribution in [1.29, 1.82) is 0 Å². The first kappa shape index (κ1) is 14.4. The van der Waals surface area contributed by atoms with Crippen molar-refractivity contribution in [3.05, 3.63) is 16.9 Å². The Morgan fingerprint density at radius 1 is 1.47 bits per heavy atom. The molecule has 0 saturated heterocycles. The fraction of sp³-hybridized carbons (Fsp3) is 0.727. The summed E-state index contributed by atoms with van der Waals surface area (Å²) in [7, 11) is 0. The van der Waals surface area contributed by atoms with E-state index in [0.717, 1.165) is 6.42 Å². The van der Waals surface area contributed by atoms with E-state index in [-0.39, 0.29) is 11.1 Å². The average Bonchev–Trinajstić information content (AvgIpc) is 2.61. The Bertz CT molecular complexity index is 352. The minimum atomic E-state index is -2.51. The smallest absolute Gasteiger partial charge is 0.259 e. The van der Waals surface area contributed by atoms with E-state index in [1.807, 2.05) is 20.8 Å². The van der Waals surface area contributed by atoms with Gasteiger partial charge < -0.3 is 5.32 Å². The predicted octanol–water partition coefficient (Wildman–Crippen LogP) is 3.42. The Morgan fingerprint density at radius 3 is 2.59 bits per heavy atom. The number of hydrogen-bond acceptors (Lipinski definition) is 2. The van der Waals surface area contributed by atoms with Gasteiger partial charge >= 0.3 is 0 Å². The molecule has 1 heterocycles. The van der Waals surface area contributed by atoms with Gasteiger partial charge in [0, 0.05) is 6.04 Å². The largest absolute Gasteiger partial charge is 0.304 e. The normalized spacial score (nSPS) is 13.6. The molecule has 0 spiro atoms. The monoisotopic (exact) mass is 265 g/mol. The standard InChI is InChI=1S/C11H18ClF2N3/c1-4-5-15-9(11(13)14)10-8(12)6-16-17(10)7(2)3/h6-7,9,11,15H,4-5H2,1-3H3. The van der Waals surface area contributed by atoms with Crippen molar-refractivity contribution >= 4 is 11.6 Å². The summed E-state index contributed by atoms with van der Waals surface area (Å²) in [5.41, 5.74) is 0.366. The first-order valence-electron chi connectivity index (χ1n) is 5.73. The maximum absolute atomic E-state index is 13.0. The quantitative estimate of drug-likeness (QED) is 0.854. The van der Waals surface area contributed by atoms with Gasteiger partial charge in [0.2, 0.25) is 0 Å². The van der Waals surface area contributed by atoms with Crippen LogP contribution in [0, 0.1) is 0 Å². The maximum Gasteiger partial charge on any atom is 0.259 e. The van der Waals surface area contributed by atoms with E-state index in [1.54, 1.807) is 4.68 Å². The molecule has 1 N–H and O–H groups in total. The fourth-order valence-electron chi connectivity index (χ4n) is 1.66. The Kier molecular flexibility index (Phi) is 5.33. The number of nitrogens with one attached hydrogen (secondary N) is 1. The van der Waals surface area contributed by atoms with Gasteiger partial charge in [0.15, 0.2) is 0 Å². The molecule has 1 unspecified atom stereocenters. The molecular weight excluding hydrogens is 248 g/mol. The molecule has 1 aromatic heterocycles. The van der Waals surface area contributed by atoms with Crippen LogP contribution in [-0.4, -0.2) is 22.8 Å². The predicted molar refractivity (Wildman–Crippen MR) is 64.7 cm³/mol. The van der Waals surface area contributed by atoms with Crippen LogP contribution in [0.3, 0.4) is 0 Å². The zero-order valence-electron chi connectivity index (χ0n) is 10.3. The zero-order chi connectivity index (χ0) is 13.0. The number of hydrogen-bond donors (Lipinski definition) is 1. The third kappa shape index (κ3) is 3.39. The van der Waals surface area contributed by atoms with Crippen molar-refractivity contribution in [3.8, 4) is 0 Å². The highest BCUT2D eigenvalue weighted by Gasteiger charge is 2.28. The molecule has 6 heteroatoms. The summed E-state index contributed by atoms with van der Waals surface area (Å²) in [6.07, 6.45) is -0.301. The van der Waals surface area contributed by atoms with Gasteiger partial charge in [0.25, 0.3) is 6.43 Å². The number of rotatable bonds is 6. The van der Waals surface area contributed by atoms with Crippen LogP contribution in [0.4, 0.5) is 8.78 Å². The molecule has 0 fully saturated rings. The van der Waals surface area contributed by atoms with Crippen LogP contribution in [0.1, 0.15) is 45.0 Å². The van der Waals surface area contributed by atoms with E-state index in [4.69, 9.17) is 11.6 Å². The van der Waals surface area contributed by atoms with Crippen molar-refractivity contribution in [2.24, 2.45) is 0 Å².